The van der Waals surface area contributed by atoms with Crippen LogP contribution in [0.25, 0.3) is 0 Å². The van der Waals surface area contributed by atoms with E-state index in [1.165, 1.54) is 12.8 Å². The molecule has 0 amide bonds. The zero-order valence-corrected chi connectivity index (χ0v) is 19.7. The van der Waals surface area contributed by atoms with Crippen molar-refractivity contribution in [3.05, 3.63) is 0 Å². The van der Waals surface area contributed by atoms with Crippen LogP contribution in [0.5, 0.6) is 0 Å². The Balaban J connectivity index is 0.000000461. The molecular formula is C15H32I2NO3P. The van der Waals surface area contributed by atoms with Crippen molar-refractivity contribution in [2.24, 2.45) is 0 Å². The van der Waals surface area contributed by atoms with Crippen LogP contribution in [0.4, 0.5) is 0 Å². The van der Waals surface area contributed by atoms with E-state index in [2.05, 4.69) is 77.5 Å². The molecule has 1 heterocycles. The number of alkyl halides is 2. The molecule has 0 aromatic heterocycles. The minimum Gasteiger partial charge on any atom is -0.385 e. The number of hydrogen-bond acceptors (Lipinski definition) is 4. The average Bonchev–Trinajstić information content (AvgIpc) is 2.85. The fraction of sp³-hybridized carbons (Fsp3) is 1.00. The van der Waals surface area contributed by atoms with Crippen LogP contribution < -0.4 is 0 Å². The normalized spacial score (nSPS) is 23.0. The van der Waals surface area contributed by atoms with Gasteiger partial charge in [0.1, 0.15) is 12.4 Å². The van der Waals surface area contributed by atoms with Crippen molar-refractivity contribution < 1.29 is 14.4 Å². The van der Waals surface area contributed by atoms with Crippen molar-refractivity contribution in [1.82, 2.24) is 4.67 Å². The SMILES string of the molecule is COCCCP(O)N(C(C)C)C(C)C.ICC1CCC(I)O1. The zero-order valence-electron chi connectivity index (χ0n) is 14.5. The van der Waals surface area contributed by atoms with Gasteiger partial charge in [-0.3, -0.25) is 4.67 Å². The van der Waals surface area contributed by atoms with Gasteiger partial charge in [0.2, 0.25) is 0 Å². The summed E-state index contributed by atoms with van der Waals surface area (Å²) in [5, 5.41) is 0. The van der Waals surface area contributed by atoms with Crippen molar-refractivity contribution in [3.63, 3.8) is 0 Å². The predicted molar refractivity (Wildman–Crippen MR) is 113 cm³/mol. The Labute approximate surface area is 165 Å². The quantitative estimate of drug-likeness (QED) is 0.201. The average molecular weight is 559 g/mol. The molecule has 0 radical (unpaired) electrons. The molecule has 1 aliphatic heterocycles. The molecule has 0 aromatic carbocycles. The summed E-state index contributed by atoms with van der Waals surface area (Å²) in [6.07, 6.45) is 4.84. The number of halogens is 2. The van der Waals surface area contributed by atoms with Crippen molar-refractivity contribution >= 4 is 53.5 Å². The second-order valence-corrected chi connectivity index (χ2v) is 9.83. The van der Waals surface area contributed by atoms with Crippen molar-refractivity contribution in [2.75, 3.05) is 24.3 Å². The Morgan fingerprint density at radius 2 is 1.86 bits per heavy atom. The first-order valence-corrected chi connectivity index (χ1v) is 12.1. The Morgan fingerprint density at radius 3 is 2.18 bits per heavy atom. The Hall–Kier alpha value is 1.73. The lowest BCUT2D eigenvalue weighted by molar-refractivity contribution is 0.120. The lowest BCUT2D eigenvalue weighted by Gasteiger charge is -2.34. The van der Waals surface area contributed by atoms with E-state index in [1.54, 1.807) is 7.11 Å². The molecule has 0 bridgehead atoms. The van der Waals surface area contributed by atoms with E-state index in [4.69, 9.17) is 9.47 Å². The zero-order chi connectivity index (χ0) is 17.1. The molecule has 0 saturated carbocycles. The fourth-order valence-electron chi connectivity index (χ4n) is 2.37. The van der Waals surface area contributed by atoms with Gasteiger partial charge in [0.15, 0.2) is 0 Å². The number of rotatable bonds is 8. The first-order valence-electron chi connectivity index (χ1n) is 7.92. The van der Waals surface area contributed by atoms with Crippen molar-refractivity contribution in [2.45, 2.75) is 69.3 Å². The monoisotopic (exact) mass is 559 g/mol. The van der Waals surface area contributed by atoms with Crippen molar-refractivity contribution in [3.8, 4) is 0 Å². The van der Waals surface area contributed by atoms with Gasteiger partial charge in [-0.05, 0) is 47.0 Å². The highest BCUT2D eigenvalue weighted by Gasteiger charge is 2.22. The van der Waals surface area contributed by atoms with Gasteiger partial charge in [0.05, 0.1) is 6.10 Å². The first kappa shape index (κ1) is 23.7. The van der Waals surface area contributed by atoms with E-state index in [-0.39, 0.29) is 0 Å². The van der Waals surface area contributed by atoms with E-state index < -0.39 is 8.30 Å². The topological polar surface area (TPSA) is 41.9 Å². The van der Waals surface area contributed by atoms with Gasteiger partial charge in [-0.2, -0.15) is 0 Å². The maximum absolute atomic E-state index is 10.0. The predicted octanol–water partition coefficient (Wildman–Crippen LogP) is 4.81. The number of nitrogens with zero attached hydrogens (tertiary/aromatic N) is 1. The molecule has 0 aliphatic carbocycles. The molecule has 1 aliphatic rings. The third-order valence-electron chi connectivity index (χ3n) is 3.26. The maximum Gasteiger partial charge on any atom is 0.109 e. The third-order valence-corrected chi connectivity index (χ3v) is 7.33. The van der Waals surface area contributed by atoms with E-state index in [9.17, 15) is 4.89 Å². The molecule has 1 fully saturated rings. The molecule has 1 saturated heterocycles. The molecule has 3 atom stereocenters. The van der Waals surface area contributed by atoms with Gasteiger partial charge in [-0.1, -0.05) is 45.2 Å². The lowest BCUT2D eigenvalue weighted by atomic mass is 10.3. The molecule has 0 spiro atoms. The van der Waals surface area contributed by atoms with Gasteiger partial charge in [-0.25, -0.2) is 0 Å². The molecule has 1 rings (SSSR count). The number of ether oxygens (including phenoxy) is 2. The van der Waals surface area contributed by atoms with Gasteiger partial charge >= 0.3 is 0 Å². The molecule has 0 aromatic rings. The van der Waals surface area contributed by atoms with Crippen LogP contribution in [0.1, 0.15) is 47.0 Å². The Kier molecular flexibility index (Phi) is 15.1. The minimum atomic E-state index is -0.981. The van der Waals surface area contributed by atoms with Crippen LogP contribution in [0.15, 0.2) is 0 Å². The maximum atomic E-state index is 10.0. The van der Waals surface area contributed by atoms with E-state index >= 15 is 0 Å². The smallest absolute Gasteiger partial charge is 0.109 e. The van der Waals surface area contributed by atoms with Gasteiger partial charge in [-0.15, -0.1) is 0 Å². The summed E-state index contributed by atoms with van der Waals surface area (Å²) in [6.45, 7) is 9.25. The standard InChI is InChI=1S/C10H24NO2P.C5H8I2O/c1-9(2)11(10(3)4)14(12)8-6-7-13-5;6-3-4-1-2-5(7)8-4/h9-10,12H,6-8H2,1-5H3;4-5H,1-3H2. The van der Waals surface area contributed by atoms with Crippen LogP contribution in [-0.4, -0.2) is 56.2 Å². The third kappa shape index (κ3) is 10.6. The molecule has 4 nitrogen and oxygen atoms in total. The summed E-state index contributed by atoms with van der Waals surface area (Å²) < 4.78 is 14.3. The molecule has 134 valence electrons. The molecule has 3 unspecified atom stereocenters. The number of hydrogen-bond donors (Lipinski definition) is 1. The summed E-state index contributed by atoms with van der Waals surface area (Å²) in [6, 6.07) is 0.822. The summed E-state index contributed by atoms with van der Waals surface area (Å²) >= 11 is 4.72. The van der Waals surface area contributed by atoms with E-state index in [1.807, 2.05) is 0 Å². The fourth-order valence-corrected chi connectivity index (χ4v) is 5.50. The van der Waals surface area contributed by atoms with Crippen LogP contribution in [-0.2, 0) is 9.47 Å². The van der Waals surface area contributed by atoms with Gasteiger partial charge in [0.25, 0.3) is 0 Å². The van der Waals surface area contributed by atoms with E-state index in [0.29, 0.717) is 22.3 Å². The molecule has 7 heteroatoms. The highest BCUT2D eigenvalue weighted by molar-refractivity contribution is 14.1. The second kappa shape index (κ2) is 14.0. The molecule has 22 heavy (non-hydrogen) atoms. The summed E-state index contributed by atoms with van der Waals surface area (Å²) in [4.78, 5) is 10.0. The highest BCUT2D eigenvalue weighted by atomic mass is 127. The first-order chi connectivity index (χ1) is 10.3. The Bertz CT molecular complexity index is 265. The molecule has 1 N–H and O–H groups in total. The number of methoxy groups -OCH3 is 1. The van der Waals surface area contributed by atoms with Crippen LogP contribution >= 0.6 is 53.5 Å². The van der Waals surface area contributed by atoms with Crippen LogP contribution in [0, 0.1) is 0 Å². The Morgan fingerprint density at radius 1 is 1.27 bits per heavy atom. The minimum absolute atomic E-state index is 0.411. The van der Waals surface area contributed by atoms with Crippen LogP contribution in [0.3, 0.4) is 0 Å². The van der Waals surface area contributed by atoms with Gasteiger partial charge in [0, 0.05) is 36.4 Å². The lowest BCUT2D eigenvalue weighted by Crippen LogP contribution is -2.33. The van der Waals surface area contributed by atoms with E-state index in [0.717, 1.165) is 23.6 Å². The summed E-state index contributed by atoms with van der Waals surface area (Å²) in [5.74, 6) is 0. The van der Waals surface area contributed by atoms with Crippen molar-refractivity contribution in [1.29, 1.82) is 0 Å². The molecular weight excluding hydrogens is 527 g/mol. The highest BCUT2D eigenvalue weighted by Crippen LogP contribution is 2.39. The van der Waals surface area contributed by atoms with Gasteiger partial charge < -0.3 is 14.4 Å². The van der Waals surface area contributed by atoms with Crippen LogP contribution in [0.2, 0.25) is 0 Å². The second-order valence-electron chi connectivity index (χ2n) is 5.91. The summed E-state index contributed by atoms with van der Waals surface area (Å²) in [7, 11) is 0.716. The summed E-state index contributed by atoms with van der Waals surface area (Å²) in [5.41, 5.74) is 0. The largest absolute Gasteiger partial charge is 0.385 e.